The predicted molar refractivity (Wildman–Crippen MR) is 132 cm³/mol. The van der Waals surface area contributed by atoms with Gasteiger partial charge in [0.25, 0.3) is 5.91 Å². The van der Waals surface area contributed by atoms with Crippen LogP contribution in [0.4, 0.5) is 0 Å². The van der Waals surface area contributed by atoms with Gasteiger partial charge >= 0.3 is 0 Å². The number of hydrogen-bond donors (Lipinski definition) is 0. The Balaban J connectivity index is 1.36. The van der Waals surface area contributed by atoms with Gasteiger partial charge in [-0.3, -0.25) is 14.6 Å². The third-order valence-electron chi connectivity index (χ3n) is 6.37. The number of nitrogens with zero attached hydrogens (tertiary/aromatic N) is 4. The van der Waals surface area contributed by atoms with Crippen LogP contribution in [0.3, 0.4) is 0 Å². The van der Waals surface area contributed by atoms with Gasteiger partial charge in [-0.1, -0.05) is 0 Å². The van der Waals surface area contributed by atoms with Gasteiger partial charge < -0.3 is 14.5 Å². The highest BCUT2D eigenvalue weighted by atomic mass is 32.1. The molecule has 1 aliphatic heterocycles. The van der Waals surface area contributed by atoms with Crippen molar-refractivity contribution in [1.29, 1.82) is 0 Å². The molecule has 3 aromatic rings. The lowest BCUT2D eigenvalue weighted by atomic mass is 9.93. The van der Waals surface area contributed by atoms with E-state index in [1.165, 1.54) is 28.9 Å². The molecule has 0 radical (unpaired) electrons. The van der Waals surface area contributed by atoms with E-state index in [2.05, 4.69) is 15.3 Å². The molecular formula is C25H28N4O3S2. The van der Waals surface area contributed by atoms with Crippen molar-refractivity contribution in [3.63, 3.8) is 0 Å². The molecule has 9 heteroatoms. The molecule has 0 saturated carbocycles. The second-order valence-electron chi connectivity index (χ2n) is 8.88. The molecule has 178 valence electrons. The number of pyridine rings is 1. The number of aryl methyl sites for hydroxylation is 2. The van der Waals surface area contributed by atoms with Gasteiger partial charge in [0.1, 0.15) is 6.54 Å². The summed E-state index contributed by atoms with van der Waals surface area (Å²) in [6.07, 6.45) is 7.45. The van der Waals surface area contributed by atoms with E-state index in [0.717, 1.165) is 40.4 Å². The summed E-state index contributed by atoms with van der Waals surface area (Å²) in [6, 6.07) is 3.83. The van der Waals surface area contributed by atoms with E-state index in [0.29, 0.717) is 26.2 Å². The van der Waals surface area contributed by atoms with Crippen molar-refractivity contribution in [2.45, 2.75) is 51.9 Å². The summed E-state index contributed by atoms with van der Waals surface area (Å²) in [5.74, 6) is -0.121. The van der Waals surface area contributed by atoms with Crippen LogP contribution in [-0.4, -0.2) is 57.3 Å². The molecule has 1 saturated heterocycles. The lowest BCUT2D eigenvalue weighted by Crippen LogP contribution is -2.39. The number of amides is 2. The normalized spacial score (nSPS) is 18.6. The summed E-state index contributed by atoms with van der Waals surface area (Å²) in [4.78, 5) is 39.7. The molecule has 3 aromatic heterocycles. The molecule has 2 amide bonds. The molecule has 1 fully saturated rings. The van der Waals surface area contributed by atoms with Crippen molar-refractivity contribution < 1.29 is 14.3 Å². The van der Waals surface area contributed by atoms with Gasteiger partial charge in [-0.05, 0) is 66.8 Å². The number of thiophene rings is 1. The molecule has 7 nitrogen and oxygen atoms in total. The largest absolute Gasteiger partial charge is 0.370 e. The standard InChI is InChI=1S/C25H28N4O3S2/c1-17-27-20(16-33-17)10-28-11-21(32-14-18-6-8-26-9-7-18)12-29(13-23(28)30)25(31)24-22-5-3-2-4-19(22)15-34-24/h6-9,15-16,21H,2-5,10-14H2,1H3. The van der Waals surface area contributed by atoms with E-state index in [1.807, 2.05) is 24.4 Å². The summed E-state index contributed by atoms with van der Waals surface area (Å²) in [5.41, 5.74) is 4.36. The van der Waals surface area contributed by atoms with Gasteiger partial charge in [-0.25, -0.2) is 4.98 Å². The molecule has 5 rings (SSSR count). The Morgan fingerprint density at radius 2 is 1.97 bits per heavy atom. The molecular weight excluding hydrogens is 468 g/mol. The fourth-order valence-electron chi connectivity index (χ4n) is 4.60. The van der Waals surface area contributed by atoms with Gasteiger partial charge in [-0.2, -0.15) is 0 Å². The van der Waals surface area contributed by atoms with E-state index in [4.69, 9.17) is 4.74 Å². The van der Waals surface area contributed by atoms with Gasteiger partial charge in [0, 0.05) is 30.9 Å². The fraction of sp³-hybridized carbons (Fsp3) is 0.440. The van der Waals surface area contributed by atoms with Crippen molar-refractivity contribution >= 4 is 34.5 Å². The SMILES string of the molecule is Cc1nc(CN2CC(OCc3ccncc3)CN(C(=O)c3scc4c3CCCC4)CC2=O)cs1. The number of thiazole rings is 1. The Morgan fingerprint density at radius 3 is 2.76 bits per heavy atom. The van der Waals surface area contributed by atoms with Crippen molar-refractivity contribution in [1.82, 2.24) is 19.8 Å². The number of carbonyl (C=O) groups is 2. The van der Waals surface area contributed by atoms with E-state index in [9.17, 15) is 9.59 Å². The minimum Gasteiger partial charge on any atom is -0.370 e. The minimum absolute atomic E-state index is 0.0506. The van der Waals surface area contributed by atoms with Crippen LogP contribution in [0, 0.1) is 6.92 Å². The first-order valence-electron chi connectivity index (χ1n) is 11.6. The monoisotopic (exact) mass is 496 g/mol. The van der Waals surface area contributed by atoms with E-state index < -0.39 is 0 Å². The molecule has 1 aliphatic carbocycles. The summed E-state index contributed by atoms with van der Waals surface area (Å²) in [6.45, 7) is 3.66. The molecule has 0 spiro atoms. The second-order valence-corrected chi connectivity index (χ2v) is 10.8. The third-order valence-corrected chi connectivity index (χ3v) is 8.25. The van der Waals surface area contributed by atoms with Crippen molar-refractivity contribution in [2.24, 2.45) is 0 Å². The highest BCUT2D eigenvalue weighted by Gasteiger charge is 2.33. The van der Waals surface area contributed by atoms with Crippen LogP contribution in [0.15, 0.2) is 35.3 Å². The Hall–Kier alpha value is -2.62. The Morgan fingerprint density at radius 1 is 1.15 bits per heavy atom. The minimum atomic E-state index is -0.293. The zero-order valence-corrected chi connectivity index (χ0v) is 20.9. The first-order chi connectivity index (χ1) is 16.6. The van der Waals surface area contributed by atoms with Crippen LogP contribution in [-0.2, 0) is 35.5 Å². The summed E-state index contributed by atoms with van der Waals surface area (Å²) in [7, 11) is 0. The number of hydrogen-bond acceptors (Lipinski definition) is 7. The molecule has 1 unspecified atom stereocenters. The smallest absolute Gasteiger partial charge is 0.264 e. The zero-order valence-electron chi connectivity index (χ0n) is 19.2. The lowest BCUT2D eigenvalue weighted by molar-refractivity contribution is -0.132. The quantitative estimate of drug-likeness (QED) is 0.518. The second kappa shape index (κ2) is 10.3. The summed E-state index contributed by atoms with van der Waals surface area (Å²) < 4.78 is 6.25. The molecule has 34 heavy (non-hydrogen) atoms. The van der Waals surface area contributed by atoms with Crippen LogP contribution in [0.5, 0.6) is 0 Å². The highest BCUT2D eigenvalue weighted by Crippen LogP contribution is 2.31. The molecule has 0 aromatic carbocycles. The first-order valence-corrected chi connectivity index (χ1v) is 13.4. The first kappa shape index (κ1) is 23.1. The maximum Gasteiger partial charge on any atom is 0.264 e. The van der Waals surface area contributed by atoms with Gasteiger partial charge in [0.05, 0.1) is 34.8 Å². The Labute approximate surface area is 207 Å². The number of aromatic nitrogens is 2. The van der Waals surface area contributed by atoms with Crippen molar-refractivity contribution in [3.8, 4) is 0 Å². The number of carbonyl (C=O) groups excluding carboxylic acids is 2. The topological polar surface area (TPSA) is 75.6 Å². The van der Waals surface area contributed by atoms with Crippen LogP contribution >= 0.6 is 22.7 Å². The van der Waals surface area contributed by atoms with Crippen LogP contribution in [0.2, 0.25) is 0 Å². The average molecular weight is 497 g/mol. The third kappa shape index (κ3) is 5.21. The predicted octanol–water partition coefficient (Wildman–Crippen LogP) is 3.86. The fourth-order valence-corrected chi connectivity index (χ4v) is 6.33. The van der Waals surface area contributed by atoms with E-state index in [-0.39, 0.29) is 24.5 Å². The van der Waals surface area contributed by atoms with Gasteiger partial charge in [-0.15, -0.1) is 22.7 Å². The molecule has 1 atom stereocenters. The lowest BCUT2D eigenvalue weighted by Gasteiger charge is -2.25. The Bertz CT molecular complexity index is 1160. The zero-order chi connectivity index (χ0) is 23.5. The number of ether oxygens (including phenoxy) is 1. The van der Waals surface area contributed by atoms with E-state index >= 15 is 0 Å². The van der Waals surface area contributed by atoms with Gasteiger partial charge in [0.2, 0.25) is 5.91 Å². The molecule has 0 bridgehead atoms. The molecule has 2 aliphatic rings. The number of fused-ring (bicyclic) bond motifs is 1. The average Bonchev–Trinajstić information content (AvgIpc) is 3.43. The van der Waals surface area contributed by atoms with Crippen LogP contribution < -0.4 is 0 Å². The van der Waals surface area contributed by atoms with Crippen molar-refractivity contribution in [2.75, 3.05) is 19.6 Å². The van der Waals surface area contributed by atoms with E-state index in [1.54, 1.807) is 33.5 Å². The number of rotatable bonds is 6. The highest BCUT2D eigenvalue weighted by molar-refractivity contribution is 7.12. The Kier molecular flexibility index (Phi) is 7.03. The summed E-state index contributed by atoms with van der Waals surface area (Å²) in [5, 5.41) is 5.08. The van der Waals surface area contributed by atoms with Gasteiger partial charge in [0.15, 0.2) is 0 Å². The maximum absolute atomic E-state index is 13.6. The maximum atomic E-state index is 13.6. The molecule has 0 N–H and O–H groups in total. The van der Waals surface area contributed by atoms with Crippen LogP contribution in [0.25, 0.3) is 0 Å². The summed E-state index contributed by atoms with van der Waals surface area (Å²) >= 11 is 3.10. The molecule has 4 heterocycles. The van der Waals surface area contributed by atoms with Crippen LogP contribution in [0.1, 0.15) is 49.9 Å². The van der Waals surface area contributed by atoms with Crippen molar-refractivity contribution in [3.05, 3.63) is 67.6 Å².